The largest absolute Gasteiger partial charge is 0.497 e. The molecule has 108 valence electrons. The van der Waals surface area contributed by atoms with E-state index in [2.05, 4.69) is 45.7 Å². The minimum atomic E-state index is 0.359. The van der Waals surface area contributed by atoms with Crippen molar-refractivity contribution >= 4 is 27.3 Å². The fraction of sp³-hybridized carbons (Fsp3) is 0.333. The molecule has 0 aliphatic heterocycles. The van der Waals surface area contributed by atoms with Gasteiger partial charge in [-0.05, 0) is 52.5 Å². The summed E-state index contributed by atoms with van der Waals surface area (Å²) in [6, 6.07) is 10.3. The lowest BCUT2D eigenvalue weighted by Crippen LogP contribution is -2.23. The third-order valence-electron chi connectivity index (χ3n) is 2.92. The normalized spacial score (nSPS) is 12.2. The van der Waals surface area contributed by atoms with Gasteiger partial charge in [0.05, 0.1) is 11.6 Å². The number of ether oxygens (including phenoxy) is 2. The van der Waals surface area contributed by atoms with E-state index in [-0.39, 0.29) is 0 Å². The van der Waals surface area contributed by atoms with E-state index in [1.54, 1.807) is 18.4 Å². The highest BCUT2D eigenvalue weighted by molar-refractivity contribution is 9.10. The molecule has 0 aliphatic carbocycles. The van der Waals surface area contributed by atoms with Crippen LogP contribution in [0.5, 0.6) is 11.5 Å². The van der Waals surface area contributed by atoms with Crippen molar-refractivity contribution in [1.82, 2.24) is 5.32 Å². The molecule has 5 heteroatoms. The molecule has 1 atom stereocenters. The van der Waals surface area contributed by atoms with Crippen molar-refractivity contribution in [1.29, 1.82) is 0 Å². The highest BCUT2D eigenvalue weighted by atomic mass is 79.9. The van der Waals surface area contributed by atoms with E-state index in [9.17, 15) is 0 Å². The first-order valence-corrected chi connectivity index (χ1v) is 8.11. The molecule has 1 heterocycles. The van der Waals surface area contributed by atoms with Crippen LogP contribution in [-0.2, 0) is 0 Å². The summed E-state index contributed by atoms with van der Waals surface area (Å²) in [5.41, 5.74) is 0. The van der Waals surface area contributed by atoms with Crippen molar-refractivity contribution in [2.75, 3.05) is 20.3 Å². The van der Waals surface area contributed by atoms with Gasteiger partial charge in [0.1, 0.15) is 18.1 Å². The lowest BCUT2D eigenvalue weighted by molar-refractivity contribution is 0.305. The lowest BCUT2D eigenvalue weighted by Gasteiger charge is -2.13. The van der Waals surface area contributed by atoms with Crippen LogP contribution in [-0.4, -0.2) is 20.3 Å². The van der Waals surface area contributed by atoms with Crippen molar-refractivity contribution in [3.8, 4) is 11.5 Å². The summed E-state index contributed by atoms with van der Waals surface area (Å²) < 4.78 is 11.8. The Morgan fingerprint density at radius 2 is 2.20 bits per heavy atom. The maximum Gasteiger partial charge on any atom is 0.133 e. The van der Waals surface area contributed by atoms with Gasteiger partial charge in [-0.25, -0.2) is 0 Å². The van der Waals surface area contributed by atoms with Gasteiger partial charge in [0.15, 0.2) is 0 Å². The van der Waals surface area contributed by atoms with Gasteiger partial charge in [-0.3, -0.25) is 0 Å². The van der Waals surface area contributed by atoms with Gasteiger partial charge in [-0.1, -0.05) is 6.07 Å². The van der Waals surface area contributed by atoms with Crippen LogP contribution in [0.25, 0.3) is 0 Å². The molecular formula is C15H18BrNO2S. The third kappa shape index (κ3) is 4.23. The van der Waals surface area contributed by atoms with Crippen molar-refractivity contribution < 1.29 is 9.47 Å². The fourth-order valence-corrected chi connectivity index (χ4v) is 3.03. The number of hydrogen-bond acceptors (Lipinski definition) is 4. The van der Waals surface area contributed by atoms with Gasteiger partial charge in [0.2, 0.25) is 0 Å². The first-order chi connectivity index (χ1) is 9.70. The van der Waals surface area contributed by atoms with Crippen LogP contribution in [0.1, 0.15) is 17.8 Å². The molecule has 0 aliphatic rings. The molecule has 0 saturated carbocycles. The van der Waals surface area contributed by atoms with Crippen LogP contribution < -0.4 is 14.8 Å². The summed E-state index contributed by atoms with van der Waals surface area (Å²) in [7, 11) is 1.65. The van der Waals surface area contributed by atoms with Crippen LogP contribution in [0, 0.1) is 0 Å². The Morgan fingerprint density at radius 1 is 1.35 bits per heavy atom. The van der Waals surface area contributed by atoms with E-state index in [1.807, 2.05) is 18.2 Å². The zero-order valence-corrected chi connectivity index (χ0v) is 14.0. The minimum absolute atomic E-state index is 0.359. The molecule has 0 amide bonds. The molecule has 3 nitrogen and oxygen atoms in total. The van der Waals surface area contributed by atoms with Crippen LogP contribution in [0.4, 0.5) is 0 Å². The van der Waals surface area contributed by atoms with Crippen molar-refractivity contribution in [2.45, 2.75) is 13.0 Å². The average molecular weight is 356 g/mol. The zero-order chi connectivity index (χ0) is 14.4. The summed E-state index contributed by atoms with van der Waals surface area (Å²) in [6.45, 7) is 3.59. The molecule has 1 N–H and O–H groups in total. The Labute approximate surface area is 132 Å². The van der Waals surface area contributed by atoms with Gasteiger partial charge in [-0.15, -0.1) is 11.3 Å². The van der Waals surface area contributed by atoms with E-state index in [4.69, 9.17) is 9.47 Å². The Bertz CT molecular complexity index is 531. The zero-order valence-electron chi connectivity index (χ0n) is 11.6. The van der Waals surface area contributed by atoms with Crippen LogP contribution in [0.15, 0.2) is 40.2 Å². The number of halogens is 1. The molecule has 0 spiro atoms. The molecule has 1 unspecified atom stereocenters. The number of benzene rings is 1. The number of rotatable bonds is 7. The maximum absolute atomic E-state index is 5.74. The van der Waals surface area contributed by atoms with Crippen LogP contribution >= 0.6 is 27.3 Å². The van der Waals surface area contributed by atoms with Crippen molar-refractivity contribution in [3.63, 3.8) is 0 Å². The second-order valence-electron chi connectivity index (χ2n) is 4.34. The average Bonchev–Trinajstić information content (AvgIpc) is 2.98. The second kappa shape index (κ2) is 7.67. The smallest absolute Gasteiger partial charge is 0.133 e. The van der Waals surface area contributed by atoms with Crippen molar-refractivity contribution in [2.24, 2.45) is 0 Å². The predicted molar refractivity (Wildman–Crippen MR) is 86.9 cm³/mol. The number of hydrogen-bond donors (Lipinski definition) is 1. The minimum Gasteiger partial charge on any atom is -0.497 e. The van der Waals surface area contributed by atoms with E-state index >= 15 is 0 Å². The molecule has 0 radical (unpaired) electrons. The monoisotopic (exact) mass is 355 g/mol. The summed E-state index contributed by atoms with van der Waals surface area (Å²) in [5.74, 6) is 1.64. The second-order valence-corrected chi connectivity index (χ2v) is 6.17. The Hall–Kier alpha value is -1.04. The topological polar surface area (TPSA) is 30.5 Å². The highest BCUT2D eigenvalue weighted by Crippen LogP contribution is 2.29. The number of thiophene rings is 1. The molecule has 2 aromatic rings. The third-order valence-corrected chi connectivity index (χ3v) is 4.59. The van der Waals surface area contributed by atoms with Crippen molar-refractivity contribution in [3.05, 3.63) is 45.1 Å². The van der Waals surface area contributed by atoms with Crippen LogP contribution in [0.2, 0.25) is 0 Å². The molecule has 0 bridgehead atoms. The number of nitrogens with one attached hydrogen (secondary N) is 1. The molecule has 2 rings (SSSR count). The fourth-order valence-electron chi connectivity index (χ4n) is 1.80. The Morgan fingerprint density at radius 3 is 2.85 bits per heavy atom. The van der Waals surface area contributed by atoms with E-state index in [0.29, 0.717) is 12.6 Å². The maximum atomic E-state index is 5.74. The number of methoxy groups -OCH3 is 1. The summed E-state index contributed by atoms with van der Waals surface area (Å²) in [6.07, 6.45) is 0. The van der Waals surface area contributed by atoms with E-state index in [1.165, 1.54) is 4.88 Å². The van der Waals surface area contributed by atoms with Gasteiger partial charge in [-0.2, -0.15) is 0 Å². The Balaban J connectivity index is 1.76. The van der Waals surface area contributed by atoms with Gasteiger partial charge < -0.3 is 14.8 Å². The lowest BCUT2D eigenvalue weighted by atomic mass is 10.3. The first kappa shape index (κ1) is 15.4. The predicted octanol–water partition coefficient (Wildman–Crippen LogP) is 4.25. The molecule has 0 fully saturated rings. The summed E-state index contributed by atoms with van der Waals surface area (Å²) in [5, 5.41) is 5.54. The van der Waals surface area contributed by atoms with Crippen LogP contribution in [0.3, 0.4) is 0 Å². The highest BCUT2D eigenvalue weighted by Gasteiger charge is 2.06. The summed E-state index contributed by atoms with van der Waals surface area (Å²) in [4.78, 5) is 1.34. The molecule has 0 saturated heterocycles. The SMILES string of the molecule is COc1ccc(OCCNC(C)c2cccs2)c(Br)c1. The van der Waals surface area contributed by atoms with Gasteiger partial charge in [0.25, 0.3) is 0 Å². The molecule has 1 aromatic heterocycles. The van der Waals surface area contributed by atoms with Gasteiger partial charge in [0, 0.05) is 17.5 Å². The first-order valence-electron chi connectivity index (χ1n) is 6.44. The Kier molecular flexibility index (Phi) is 5.88. The standard InChI is InChI=1S/C15H18BrNO2S/c1-11(15-4-3-9-20-15)17-7-8-19-14-6-5-12(18-2)10-13(14)16/h3-6,9-11,17H,7-8H2,1-2H3. The summed E-state index contributed by atoms with van der Waals surface area (Å²) >= 11 is 5.24. The van der Waals surface area contributed by atoms with Gasteiger partial charge >= 0.3 is 0 Å². The quantitative estimate of drug-likeness (QED) is 0.753. The molecule has 1 aromatic carbocycles. The molecular weight excluding hydrogens is 338 g/mol. The van der Waals surface area contributed by atoms with E-state index < -0.39 is 0 Å². The van der Waals surface area contributed by atoms with E-state index in [0.717, 1.165) is 22.5 Å². The molecule has 20 heavy (non-hydrogen) atoms.